The monoisotopic (exact) mass is 223 g/mol. The van der Waals surface area contributed by atoms with Crippen LogP contribution >= 0.6 is 11.6 Å². The first-order valence-corrected chi connectivity index (χ1v) is 4.61. The summed E-state index contributed by atoms with van der Waals surface area (Å²) in [6, 6.07) is 6.93. The Balaban J connectivity index is 2.54. The number of hydrazone groups is 1. The lowest BCUT2D eigenvalue weighted by Crippen LogP contribution is -2.10. The summed E-state index contributed by atoms with van der Waals surface area (Å²) >= 11 is 5.69. The molecule has 0 unspecified atom stereocenters. The Kier molecular flexibility index (Phi) is 4.00. The molecule has 0 aromatic heterocycles. The van der Waals surface area contributed by atoms with Crippen LogP contribution in [-0.2, 0) is 4.79 Å². The Morgan fingerprint density at radius 3 is 2.60 bits per heavy atom. The third-order valence-corrected chi connectivity index (χ3v) is 1.86. The second-order valence-corrected chi connectivity index (χ2v) is 3.28. The number of nitrogens with zero attached hydrogens (tertiary/aromatic N) is 1. The van der Waals surface area contributed by atoms with E-state index in [2.05, 4.69) is 10.5 Å². The highest BCUT2D eigenvalue weighted by molar-refractivity contribution is 6.59. The van der Waals surface area contributed by atoms with Crippen molar-refractivity contribution in [1.29, 1.82) is 5.41 Å². The van der Waals surface area contributed by atoms with Crippen LogP contribution in [0.15, 0.2) is 29.4 Å². The first-order chi connectivity index (χ1) is 7.09. The molecule has 0 radical (unpaired) electrons. The third kappa shape index (κ3) is 3.91. The number of carbonyl (C=O) groups excluding carboxylic acids is 1. The van der Waals surface area contributed by atoms with E-state index < -0.39 is 0 Å². The molecule has 2 N–H and O–H groups in total. The number of Topliss-reactive ketones (excluding diaryl/α,β-unsaturated/α-hetero) is 1. The minimum Gasteiger partial charge on any atom is -0.296 e. The van der Waals surface area contributed by atoms with Crippen molar-refractivity contribution in [3.05, 3.63) is 29.3 Å². The summed E-state index contributed by atoms with van der Waals surface area (Å²) in [5, 5.41) is 11.6. The summed E-state index contributed by atoms with van der Waals surface area (Å²) < 4.78 is 0. The van der Waals surface area contributed by atoms with Gasteiger partial charge in [-0.2, -0.15) is 5.10 Å². The Morgan fingerprint density at radius 1 is 1.47 bits per heavy atom. The van der Waals surface area contributed by atoms with Gasteiger partial charge in [-0.05, 0) is 24.3 Å². The predicted octanol–water partition coefficient (Wildman–Crippen LogP) is 2.35. The molecule has 0 atom stereocenters. The minimum atomic E-state index is -0.323. The molecule has 0 spiro atoms. The van der Waals surface area contributed by atoms with Crippen LogP contribution < -0.4 is 5.43 Å². The van der Waals surface area contributed by atoms with Gasteiger partial charge in [0.25, 0.3) is 0 Å². The van der Waals surface area contributed by atoms with Gasteiger partial charge in [-0.15, -0.1) is 0 Å². The van der Waals surface area contributed by atoms with Gasteiger partial charge in [0.1, 0.15) is 5.71 Å². The standard InChI is InChI=1S/C10H10ClN3O/c1-7(15)10(12)6-13-14-9-4-2-8(11)3-5-9/h2-6,12,14H,1H3/b12-10?,13-6-. The van der Waals surface area contributed by atoms with Crippen LogP contribution in [0, 0.1) is 5.41 Å². The molecule has 0 amide bonds. The summed E-state index contributed by atoms with van der Waals surface area (Å²) in [5.74, 6) is -0.323. The van der Waals surface area contributed by atoms with E-state index >= 15 is 0 Å². The first-order valence-electron chi connectivity index (χ1n) is 4.23. The zero-order valence-electron chi connectivity index (χ0n) is 8.12. The second-order valence-electron chi connectivity index (χ2n) is 2.85. The molecule has 5 heteroatoms. The van der Waals surface area contributed by atoms with Gasteiger partial charge in [-0.25, -0.2) is 0 Å². The fraction of sp³-hybridized carbons (Fsp3) is 0.100. The van der Waals surface area contributed by atoms with E-state index in [1.54, 1.807) is 24.3 Å². The van der Waals surface area contributed by atoms with Crippen LogP contribution in [0.1, 0.15) is 6.92 Å². The van der Waals surface area contributed by atoms with Crippen molar-refractivity contribution in [3.63, 3.8) is 0 Å². The molecule has 1 aromatic carbocycles. The number of hydrogen-bond donors (Lipinski definition) is 2. The largest absolute Gasteiger partial charge is 0.296 e. The maximum absolute atomic E-state index is 10.7. The number of ketones is 1. The van der Waals surface area contributed by atoms with Crippen LogP contribution in [0.25, 0.3) is 0 Å². The van der Waals surface area contributed by atoms with Gasteiger partial charge >= 0.3 is 0 Å². The van der Waals surface area contributed by atoms with E-state index in [-0.39, 0.29) is 11.5 Å². The lowest BCUT2D eigenvalue weighted by atomic mass is 10.3. The van der Waals surface area contributed by atoms with E-state index in [9.17, 15) is 4.79 Å². The van der Waals surface area contributed by atoms with Gasteiger partial charge in [0, 0.05) is 11.9 Å². The third-order valence-electron chi connectivity index (χ3n) is 1.61. The molecule has 4 nitrogen and oxygen atoms in total. The van der Waals surface area contributed by atoms with E-state index in [0.29, 0.717) is 5.02 Å². The average Bonchev–Trinajstić information content (AvgIpc) is 2.20. The Hall–Kier alpha value is -1.68. The van der Waals surface area contributed by atoms with Crippen molar-refractivity contribution in [3.8, 4) is 0 Å². The fourth-order valence-electron chi connectivity index (χ4n) is 0.787. The average molecular weight is 224 g/mol. The second kappa shape index (κ2) is 5.26. The number of benzene rings is 1. The van der Waals surface area contributed by atoms with Crippen LogP contribution in [-0.4, -0.2) is 17.7 Å². The number of rotatable bonds is 4. The van der Waals surface area contributed by atoms with E-state index in [4.69, 9.17) is 17.0 Å². The molecule has 0 saturated heterocycles. The van der Waals surface area contributed by atoms with Crippen LogP contribution in [0.5, 0.6) is 0 Å². The van der Waals surface area contributed by atoms with E-state index in [0.717, 1.165) is 11.9 Å². The van der Waals surface area contributed by atoms with Crippen molar-refractivity contribution < 1.29 is 4.79 Å². The summed E-state index contributed by atoms with van der Waals surface area (Å²) in [4.78, 5) is 10.7. The zero-order valence-corrected chi connectivity index (χ0v) is 8.88. The minimum absolute atomic E-state index is 0.142. The van der Waals surface area contributed by atoms with Crippen molar-refractivity contribution in [1.82, 2.24) is 0 Å². The molecule has 0 saturated carbocycles. The number of halogens is 1. The van der Waals surface area contributed by atoms with Gasteiger partial charge in [-0.1, -0.05) is 11.6 Å². The smallest absolute Gasteiger partial charge is 0.179 e. The summed E-state index contributed by atoms with van der Waals surface area (Å²) in [6.07, 6.45) is 1.16. The highest BCUT2D eigenvalue weighted by Gasteiger charge is 1.97. The lowest BCUT2D eigenvalue weighted by molar-refractivity contribution is -0.110. The fourth-order valence-corrected chi connectivity index (χ4v) is 0.913. The molecule has 0 aliphatic carbocycles. The zero-order chi connectivity index (χ0) is 11.3. The molecule has 1 rings (SSSR count). The summed E-state index contributed by atoms with van der Waals surface area (Å²) in [6.45, 7) is 1.32. The van der Waals surface area contributed by atoms with Gasteiger partial charge in [-0.3, -0.25) is 15.6 Å². The maximum Gasteiger partial charge on any atom is 0.179 e. The quantitative estimate of drug-likeness (QED) is 0.608. The lowest BCUT2D eigenvalue weighted by Gasteiger charge is -1.98. The molecule has 0 fully saturated rings. The highest BCUT2D eigenvalue weighted by atomic mass is 35.5. The van der Waals surface area contributed by atoms with Gasteiger partial charge < -0.3 is 0 Å². The van der Waals surface area contributed by atoms with Gasteiger partial charge in [0.15, 0.2) is 5.78 Å². The molecule has 0 heterocycles. The Morgan fingerprint density at radius 2 is 2.07 bits per heavy atom. The van der Waals surface area contributed by atoms with Crippen molar-refractivity contribution in [2.45, 2.75) is 6.92 Å². The first kappa shape index (κ1) is 11.4. The summed E-state index contributed by atoms with van der Waals surface area (Å²) in [7, 11) is 0. The molecule has 78 valence electrons. The van der Waals surface area contributed by atoms with Crippen molar-refractivity contribution in [2.75, 3.05) is 5.43 Å². The SMILES string of the molecule is CC(=O)C(=N)/C=N\Nc1ccc(Cl)cc1. The highest BCUT2D eigenvalue weighted by Crippen LogP contribution is 2.12. The van der Waals surface area contributed by atoms with Gasteiger partial charge in [0.2, 0.25) is 0 Å². The number of carbonyl (C=O) groups is 1. The normalized spacial score (nSPS) is 10.3. The molecule has 1 aromatic rings. The number of hydrogen-bond acceptors (Lipinski definition) is 4. The van der Waals surface area contributed by atoms with Crippen LogP contribution in [0.4, 0.5) is 5.69 Å². The molecule has 0 aliphatic heterocycles. The number of nitrogens with one attached hydrogen (secondary N) is 2. The van der Waals surface area contributed by atoms with Crippen LogP contribution in [0.2, 0.25) is 5.02 Å². The molecular formula is C10H10ClN3O. The van der Waals surface area contributed by atoms with Gasteiger partial charge in [0.05, 0.1) is 11.9 Å². The molecule has 15 heavy (non-hydrogen) atoms. The van der Waals surface area contributed by atoms with Crippen molar-refractivity contribution in [2.24, 2.45) is 5.10 Å². The summed E-state index contributed by atoms with van der Waals surface area (Å²) in [5.41, 5.74) is 3.28. The van der Waals surface area contributed by atoms with Crippen molar-refractivity contribution >= 4 is 35.0 Å². The topological polar surface area (TPSA) is 65.3 Å². The maximum atomic E-state index is 10.7. The van der Waals surface area contributed by atoms with Crippen LogP contribution in [0.3, 0.4) is 0 Å². The predicted molar refractivity (Wildman–Crippen MR) is 62.0 cm³/mol. The van der Waals surface area contributed by atoms with E-state index in [1.165, 1.54) is 6.92 Å². The molecule has 0 aliphatic rings. The number of anilines is 1. The van der Waals surface area contributed by atoms with E-state index in [1.807, 2.05) is 0 Å². The molecular weight excluding hydrogens is 214 g/mol. The Bertz CT molecular complexity index is 398. The Labute approximate surface area is 92.5 Å². The molecule has 0 bridgehead atoms.